The van der Waals surface area contributed by atoms with Gasteiger partial charge < -0.3 is 5.11 Å². The second-order valence-electron chi connectivity index (χ2n) is 5.16. The molecule has 20 heavy (non-hydrogen) atoms. The summed E-state index contributed by atoms with van der Waals surface area (Å²) in [6.45, 7) is 0. The van der Waals surface area contributed by atoms with Gasteiger partial charge in [0, 0.05) is 23.1 Å². The number of nitrogens with zero attached hydrogens (tertiary/aromatic N) is 1. The van der Waals surface area contributed by atoms with Gasteiger partial charge in [0.2, 0.25) is 0 Å². The smallest absolute Gasteiger partial charge is 0.336 e. The number of carboxylic acid groups (broad SMARTS) is 1. The molecule has 104 valence electrons. The first-order valence-electron chi connectivity index (χ1n) is 6.59. The Kier molecular flexibility index (Phi) is 3.12. The Morgan fingerprint density at radius 3 is 2.45 bits per heavy atom. The van der Waals surface area contributed by atoms with Crippen LogP contribution >= 0.6 is 0 Å². The highest BCUT2D eigenvalue weighted by molar-refractivity contribution is 6.02. The molecule has 0 spiro atoms. The Morgan fingerprint density at radius 2 is 1.80 bits per heavy atom. The van der Waals surface area contributed by atoms with E-state index in [4.69, 9.17) is 0 Å². The van der Waals surface area contributed by atoms with Crippen molar-refractivity contribution in [2.24, 2.45) is 0 Å². The third-order valence-electron chi connectivity index (χ3n) is 3.87. The van der Waals surface area contributed by atoms with Crippen molar-refractivity contribution in [1.82, 2.24) is 4.98 Å². The molecule has 0 unspecified atom stereocenters. The molecule has 0 aliphatic heterocycles. The second kappa shape index (κ2) is 4.81. The molecule has 0 radical (unpaired) electrons. The molecule has 0 saturated heterocycles. The summed E-state index contributed by atoms with van der Waals surface area (Å²) in [5.74, 6) is -3.01. The zero-order chi connectivity index (χ0) is 14.3. The monoisotopic (exact) mass is 277 g/mol. The second-order valence-corrected chi connectivity index (χ2v) is 5.16. The van der Waals surface area contributed by atoms with Crippen LogP contribution in [0, 0.1) is 11.6 Å². The molecule has 1 heterocycles. The molecule has 5 heteroatoms. The standard InChI is InChI=1S/C15H13F2NO2/c16-11-5-9-10(15(19)20)6-13(8-3-1-2-4-8)18-14(9)7-12(11)17/h5-8H,1-4H2,(H,19,20). The van der Waals surface area contributed by atoms with Crippen LogP contribution in [0.5, 0.6) is 0 Å². The van der Waals surface area contributed by atoms with Gasteiger partial charge in [-0.1, -0.05) is 12.8 Å². The number of pyridine rings is 1. The Bertz CT molecular complexity index is 694. The average Bonchev–Trinajstić information content (AvgIpc) is 2.92. The lowest BCUT2D eigenvalue weighted by Gasteiger charge is -2.12. The lowest BCUT2D eigenvalue weighted by atomic mass is 9.99. The van der Waals surface area contributed by atoms with E-state index in [1.165, 1.54) is 6.07 Å². The van der Waals surface area contributed by atoms with Gasteiger partial charge >= 0.3 is 5.97 Å². The fraction of sp³-hybridized carbons (Fsp3) is 0.333. The largest absolute Gasteiger partial charge is 0.478 e. The van der Waals surface area contributed by atoms with Gasteiger partial charge in [0.1, 0.15) is 0 Å². The van der Waals surface area contributed by atoms with Gasteiger partial charge in [0.05, 0.1) is 11.1 Å². The normalized spacial score (nSPS) is 15.9. The molecule has 1 saturated carbocycles. The number of aromatic nitrogens is 1. The molecule has 1 aromatic carbocycles. The van der Waals surface area contributed by atoms with Crippen LogP contribution in [0.2, 0.25) is 0 Å². The zero-order valence-corrected chi connectivity index (χ0v) is 10.7. The fourth-order valence-corrected chi connectivity index (χ4v) is 2.85. The van der Waals surface area contributed by atoms with E-state index in [0.29, 0.717) is 5.69 Å². The SMILES string of the molecule is O=C(O)c1cc(C2CCCC2)nc2cc(F)c(F)cc12. The molecular weight excluding hydrogens is 264 g/mol. The summed E-state index contributed by atoms with van der Waals surface area (Å²) in [5, 5.41) is 9.40. The number of hydrogen-bond donors (Lipinski definition) is 1. The van der Waals surface area contributed by atoms with Crippen LogP contribution < -0.4 is 0 Å². The average molecular weight is 277 g/mol. The summed E-state index contributed by atoms with van der Waals surface area (Å²) in [5.41, 5.74) is 0.847. The first-order valence-corrected chi connectivity index (χ1v) is 6.59. The maximum atomic E-state index is 13.3. The molecule has 2 aromatic rings. The predicted octanol–water partition coefficient (Wildman–Crippen LogP) is 3.87. The summed E-state index contributed by atoms with van der Waals surface area (Å²) in [6.07, 6.45) is 4.09. The van der Waals surface area contributed by atoms with Crippen molar-refractivity contribution in [3.8, 4) is 0 Å². The molecule has 3 rings (SSSR count). The van der Waals surface area contributed by atoms with E-state index in [9.17, 15) is 18.7 Å². The Hall–Kier alpha value is -2.04. The maximum Gasteiger partial charge on any atom is 0.336 e. The van der Waals surface area contributed by atoms with Crippen molar-refractivity contribution in [2.45, 2.75) is 31.6 Å². The van der Waals surface area contributed by atoms with Crippen LogP contribution in [0.15, 0.2) is 18.2 Å². The van der Waals surface area contributed by atoms with Gasteiger partial charge in [-0.2, -0.15) is 0 Å². The molecule has 0 bridgehead atoms. The van der Waals surface area contributed by atoms with E-state index >= 15 is 0 Å². The van der Waals surface area contributed by atoms with Crippen molar-refractivity contribution in [3.63, 3.8) is 0 Å². The van der Waals surface area contributed by atoms with E-state index < -0.39 is 17.6 Å². The topological polar surface area (TPSA) is 50.2 Å². The number of aromatic carboxylic acids is 1. The lowest BCUT2D eigenvalue weighted by molar-refractivity contribution is 0.0699. The zero-order valence-electron chi connectivity index (χ0n) is 10.7. The minimum absolute atomic E-state index is 0.0178. The Balaban J connectivity index is 2.24. The number of rotatable bonds is 2. The molecule has 1 N–H and O–H groups in total. The van der Waals surface area contributed by atoms with Crippen LogP contribution in [0.25, 0.3) is 10.9 Å². The highest BCUT2D eigenvalue weighted by atomic mass is 19.2. The Morgan fingerprint density at radius 1 is 1.15 bits per heavy atom. The number of benzene rings is 1. The van der Waals surface area contributed by atoms with Crippen molar-refractivity contribution >= 4 is 16.9 Å². The van der Waals surface area contributed by atoms with E-state index in [1.54, 1.807) is 0 Å². The predicted molar refractivity (Wildman–Crippen MR) is 69.8 cm³/mol. The van der Waals surface area contributed by atoms with E-state index in [0.717, 1.165) is 37.8 Å². The number of hydrogen-bond acceptors (Lipinski definition) is 2. The minimum Gasteiger partial charge on any atom is -0.478 e. The van der Waals surface area contributed by atoms with Crippen molar-refractivity contribution < 1.29 is 18.7 Å². The number of halogens is 2. The highest BCUT2D eigenvalue weighted by Crippen LogP contribution is 2.35. The third-order valence-corrected chi connectivity index (χ3v) is 3.87. The van der Waals surface area contributed by atoms with Gasteiger partial charge in [-0.25, -0.2) is 13.6 Å². The number of carboxylic acids is 1. The fourth-order valence-electron chi connectivity index (χ4n) is 2.85. The first kappa shape index (κ1) is 13.0. The molecule has 1 aliphatic rings. The van der Waals surface area contributed by atoms with Gasteiger partial charge in [-0.05, 0) is 25.0 Å². The van der Waals surface area contributed by atoms with Crippen LogP contribution in [0.1, 0.15) is 47.7 Å². The van der Waals surface area contributed by atoms with Gasteiger partial charge in [-0.3, -0.25) is 4.98 Å². The van der Waals surface area contributed by atoms with Crippen LogP contribution in [0.3, 0.4) is 0 Å². The van der Waals surface area contributed by atoms with E-state index in [2.05, 4.69) is 4.98 Å². The van der Waals surface area contributed by atoms with Crippen LogP contribution in [-0.4, -0.2) is 16.1 Å². The van der Waals surface area contributed by atoms with Crippen LogP contribution in [-0.2, 0) is 0 Å². The number of fused-ring (bicyclic) bond motifs is 1. The van der Waals surface area contributed by atoms with E-state index in [-0.39, 0.29) is 22.4 Å². The van der Waals surface area contributed by atoms with E-state index in [1.807, 2.05) is 0 Å². The molecule has 1 aromatic heterocycles. The first-order chi connectivity index (χ1) is 9.56. The molecule has 1 fully saturated rings. The Labute approximate surface area is 114 Å². The number of carbonyl (C=O) groups is 1. The lowest BCUT2D eigenvalue weighted by Crippen LogP contribution is -2.05. The van der Waals surface area contributed by atoms with Crippen molar-refractivity contribution in [3.05, 3.63) is 41.1 Å². The molecule has 3 nitrogen and oxygen atoms in total. The van der Waals surface area contributed by atoms with Gasteiger partial charge in [-0.15, -0.1) is 0 Å². The minimum atomic E-state index is -1.15. The summed E-state index contributed by atoms with van der Waals surface area (Å²) in [7, 11) is 0. The highest BCUT2D eigenvalue weighted by Gasteiger charge is 2.22. The molecular formula is C15H13F2NO2. The summed E-state index contributed by atoms with van der Waals surface area (Å²) < 4.78 is 26.6. The summed E-state index contributed by atoms with van der Waals surface area (Å²) >= 11 is 0. The third kappa shape index (κ3) is 2.13. The molecule has 1 aliphatic carbocycles. The summed E-state index contributed by atoms with van der Waals surface area (Å²) in [6, 6.07) is 3.37. The van der Waals surface area contributed by atoms with Crippen molar-refractivity contribution in [2.75, 3.05) is 0 Å². The van der Waals surface area contributed by atoms with Gasteiger partial charge in [0.25, 0.3) is 0 Å². The van der Waals surface area contributed by atoms with Gasteiger partial charge in [0.15, 0.2) is 11.6 Å². The van der Waals surface area contributed by atoms with Crippen LogP contribution in [0.4, 0.5) is 8.78 Å². The maximum absolute atomic E-state index is 13.3. The summed E-state index contributed by atoms with van der Waals surface area (Å²) in [4.78, 5) is 15.7. The molecule has 0 atom stereocenters. The quantitative estimate of drug-likeness (QED) is 0.906. The van der Waals surface area contributed by atoms with Crippen molar-refractivity contribution in [1.29, 1.82) is 0 Å². The molecule has 0 amide bonds.